The lowest BCUT2D eigenvalue weighted by atomic mass is 9.80. The van der Waals surface area contributed by atoms with Crippen LogP contribution in [0.5, 0.6) is 0 Å². The van der Waals surface area contributed by atoms with Gasteiger partial charge in [0.25, 0.3) is 0 Å². The van der Waals surface area contributed by atoms with Gasteiger partial charge in [-0.05, 0) is 27.7 Å². The number of rotatable bonds is 2. The molecule has 0 aliphatic carbocycles. The van der Waals surface area contributed by atoms with Gasteiger partial charge >= 0.3 is 5.97 Å². The monoisotopic (exact) mass is 228 g/mol. The highest BCUT2D eigenvalue weighted by Crippen LogP contribution is 2.57. The second-order valence-corrected chi connectivity index (χ2v) is 5.39. The Hall–Kier alpha value is -0.610. The molecule has 2 rings (SSSR count). The van der Waals surface area contributed by atoms with Crippen LogP contribution in [0.25, 0.3) is 0 Å². The van der Waals surface area contributed by atoms with Crippen molar-refractivity contribution in [3.63, 3.8) is 0 Å². The van der Waals surface area contributed by atoms with Gasteiger partial charge in [0.15, 0.2) is 5.60 Å². The maximum absolute atomic E-state index is 11.8. The van der Waals surface area contributed by atoms with E-state index in [1.54, 1.807) is 0 Å². The third-order valence-electron chi connectivity index (χ3n) is 3.60. The summed E-state index contributed by atoms with van der Waals surface area (Å²) < 4.78 is 16.4. The van der Waals surface area contributed by atoms with Crippen molar-refractivity contribution in [1.82, 2.24) is 0 Å². The third kappa shape index (κ3) is 1.64. The standard InChI is InChI=1S/C12H20O4/c1-5-14-9(13)11(4)12(16-11)6-7-15-10(2,3)8-12/h5-8H2,1-4H3/t11-,12-/m1/s1. The van der Waals surface area contributed by atoms with Gasteiger partial charge in [0.2, 0.25) is 0 Å². The van der Waals surface area contributed by atoms with E-state index in [0.717, 1.165) is 12.8 Å². The van der Waals surface area contributed by atoms with E-state index < -0.39 is 5.60 Å². The number of ether oxygens (including phenoxy) is 3. The molecule has 4 nitrogen and oxygen atoms in total. The lowest BCUT2D eigenvalue weighted by Crippen LogP contribution is -2.44. The number of hydrogen-bond donors (Lipinski definition) is 0. The van der Waals surface area contributed by atoms with Gasteiger partial charge in [0.05, 0.1) is 18.8 Å². The van der Waals surface area contributed by atoms with Crippen LogP contribution < -0.4 is 0 Å². The number of carbonyl (C=O) groups excluding carboxylic acids is 1. The van der Waals surface area contributed by atoms with Gasteiger partial charge in [-0.3, -0.25) is 0 Å². The molecule has 0 amide bonds. The topological polar surface area (TPSA) is 48.1 Å². The molecule has 1 spiro atoms. The first kappa shape index (κ1) is 11.9. The first-order chi connectivity index (χ1) is 7.35. The number of esters is 1. The minimum absolute atomic E-state index is 0.220. The Bertz CT molecular complexity index is 312. The second kappa shape index (κ2) is 3.44. The van der Waals surface area contributed by atoms with E-state index in [4.69, 9.17) is 14.2 Å². The number of epoxide rings is 1. The Labute approximate surface area is 96.2 Å². The van der Waals surface area contributed by atoms with Gasteiger partial charge in [-0.15, -0.1) is 0 Å². The van der Waals surface area contributed by atoms with E-state index in [1.165, 1.54) is 0 Å². The molecular formula is C12H20O4. The fourth-order valence-corrected chi connectivity index (χ4v) is 2.68. The molecule has 2 saturated heterocycles. The molecule has 16 heavy (non-hydrogen) atoms. The van der Waals surface area contributed by atoms with Crippen LogP contribution in [-0.4, -0.2) is 36.0 Å². The van der Waals surface area contributed by atoms with Crippen molar-refractivity contribution in [2.75, 3.05) is 13.2 Å². The molecule has 2 atom stereocenters. The molecule has 0 aromatic carbocycles. The Balaban J connectivity index is 2.10. The van der Waals surface area contributed by atoms with Crippen molar-refractivity contribution in [1.29, 1.82) is 0 Å². The SMILES string of the molecule is CCOC(=O)[C@@]1(C)O[C@@]12CCOC(C)(C)C2. The predicted octanol–water partition coefficient (Wildman–Crippen LogP) is 1.67. The first-order valence-corrected chi connectivity index (χ1v) is 5.87. The third-order valence-corrected chi connectivity index (χ3v) is 3.60. The molecule has 0 aromatic heterocycles. The average molecular weight is 228 g/mol. The lowest BCUT2D eigenvalue weighted by Gasteiger charge is -2.35. The largest absolute Gasteiger partial charge is 0.464 e. The van der Waals surface area contributed by atoms with Gasteiger partial charge in [-0.2, -0.15) is 0 Å². The van der Waals surface area contributed by atoms with Crippen LogP contribution in [0.2, 0.25) is 0 Å². The summed E-state index contributed by atoms with van der Waals surface area (Å²) >= 11 is 0. The number of hydrogen-bond acceptors (Lipinski definition) is 4. The molecule has 2 aliphatic rings. The zero-order valence-corrected chi connectivity index (χ0v) is 10.5. The predicted molar refractivity (Wildman–Crippen MR) is 58.1 cm³/mol. The average Bonchev–Trinajstić information content (AvgIpc) is 2.70. The summed E-state index contributed by atoms with van der Waals surface area (Å²) in [5, 5.41) is 0. The molecule has 0 unspecified atom stereocenters. The summed E-state index contributed by atoms with van der Waals surface area (Å²) in [7, 11) is 0. The Morgan fingerprint density at radius 2 is 2.06 bits per heavy atom. The quantitative estimate of drug-likeness (QED) is 0.533. The van der Waals surface area contributed by atoms with Gasteiger partial charge in [-0.25, -0.2) is 4.79 Å². The van der Waals surface area contributed by atoms with Crippen LogP contribution in [0.1, 0.15) is 40.5 Å². The maximum Gasteiger partial charge on any atom is 0.341 e. The minimum atomic E-state index is -0.760. The van der Waals surface area contributed by atoms with E-state index in [1.807, 2.05) is 27.7 Å². The van der Waals surface area contributed by atoms with Crippen molar-refractivity contribution < 1.29 is 19.0 Å². The van der Waals surface area contributed by atoms with E-state index in [0.29, 0.717) is 13.2 Å². The van der Waals surface area contributed by atoms with Crippen LogP contribution in [0.15, 0.2) is 0 Å². The molecule has 2 aliphatic heterocycles. The number of carbonyl (C=O) groups is 1. The molecule has 0 bridgehead atoms. The fraction of sp³-hybridized carbons (Fsp3) is 0.917. The molecule has 92 valence electrons. The van der Waals surface area contributed by atoms with E-state index in [2.05, 4.69) is 0 Å². The van der Waals surface area contributed by atoms with Crippen LogP contribution in [-0.2, 0) is 19.0 Å². The van der Waals surface area contributed by atoms with E-state index >= 15 is 0 Å². The van der Waals surface area contributed by atoms with Gasteiger partial charge in [0, 0.05) is 12.8 Å². The molecule has 0 N–H and O–H groups in total. The van der Waals surface area contributed by atoms with Crippen molar-refractivity contribution >= 4 is 5.97 Å². The molecular weight excluding hydrogens is 208 g/mol. The molecule has 0 saturated carbocycles. The highest BCUT2D eigenvalue weighted by Gasteiger charge is 2.74. The van der Waals surface area contributed by atoms with Crippen molar-refractivity contribution in [2.24, 2.45) is 0 Å². The summed E-state index contributed by atoms with van der Waals surface area (Å²) in [5.41, 5.74) is -1.34. The summed E-state index contributed by atoms with van der Waals surface area (Å²) in [6.07, 6.45) is 1.51. The zero-order chi connectivity index (χ0) is 12.0. The van der Waals surface area contributed by atoms with Crippen LogP contribution in [0.3, 0.4) is 0 Å². The normalized spacial score (nSPS) is 40.8. The Kier molecular flexibility index (Phi) is 2.55. The smallest absolute Gasteiger partial charge is 0.341 e. The molecule has 2 fully saturated rings. The van der Waals surface area contributed by atoms with E-state index in [-0.39, 0.29) is 17.2 Å². The van der Waals surface area contributed by atoms with Crippen molar-refractivity contribution in [3.8, 4) is 0 Å². The minimum Gasteiger partial charge on any atom is -0.464 e. The van der Waals surface area contributed by atoms with Crippen molar-refractivity contribution in [3.05, 3.63) is 0 Å². The summed E-state index contributed by atoms with van der Waals surface area (Å²) in [6, 6.07) is 0. The zero-order valence-electron chi connectivity index (χ0n) is 10.5. The molecule has 0 radical (unpaired) electrons. The summed E-state index contributed by atoms with van der Waals surface area (Å²) in [6.45, 7) is 8.73. The van der Waals surface area contributed by atoms with Gasteiger partial charge in [0.1, 0.15) is 5.60 Å². The Morgan fingerprint density at radius 1 is 1.38 bits per heavy atom. The van der Waals surface area contributed by atoms with Gasteiger partial charge in [-0.1, -0.05) is 0 Å². The molecule has 0 aromatic rings. The van der Waals surface area contributed by atoms with Crippen LogP contribution >= 0.6 is 0 Å². The summed E-state index contributed by atoms with van der Waals surface area (Å²) in [5.74, 6) is -0.243. The van der Waals surface area contributed by atoms with Crippen LogP contribution in [0, 0.1) is 0 Å². The molecule has 2 heterocycles. The fourth-order valence-electron chi connectivity index (χ4n) is 2.68. The highest BCUT2D eigenvalue weighted by atomic mass is 16.7. The van der Waals surface area contributed by atoms with Crippen LogP contribution in [0.4, 0.5) is 0 Å². The molecule has 4 heteroatoms. The summed E-state index contributed by atoms with van der Waals surface area (Å²) in [4.78, 5) is 11.8. The first-order valence-electron chi connectivity index (χ1n) is 5.87. The van der Waals surface area contributed by atoms with Gasteiger partial charge < -0.3 is 14.2 Å². The van der Waals surface area contributed by atoms with Crippen molar-refractivity contribution in [2.45, 2.75) is 57.3 Å². The highest BCUT2D eigenvalue weighted by molar-refractivity contribution is 5.84. The lowest BCUT2D eigenvalue weighted by molar-refractivity contribution is -0.149. The van der Waals surface area contributed by atoms with E-state index in [9.17, 15) is 4.79 Å². The Morgan fingerprint density at radius 3 is 2.62 bits per heavy atom. The second-order valence-electron chi connectivity index (χ2n) is 5.39. The maximum atomic E-state index is 11.8.